The van der Waals surface area contributed by atoms with Crippen LogP contribution in [-0.4, -0.2) is 45.7 Å². The van der Waals surface area contributed by atoms with Gasteiger partial charge in [-0.3, -0.25) is 4.79 Å². The van der Waals surface area contributed by atoms with Gasteiger partial charge in [0.1, 0.15) is 39.3 Å². The number of aryl methyl sites for hydroxylation is 1. The van der Waals surface area contributed by atoms with Crippen LogP contribution in [0.25, 0.3) is 11.1 Å². The number of hydrogen-bond donors (Lipinski definition) is 0. The zero-order chi connectivity index (χ0) is 30.1. The molecule has 8 nitrogen and oxygen atoms in total. The highest BCUT2D eigenvalue weighted by Crippen LogP contribution is 2.43. The van der Waals surface area contributed by atoms with Crippen molar-refractivity contribution in [1.29, 1.82) is 0 Å². The summed E-state index contributed by atoms with van der Waals surface area (Å²) in [6.45, 7) is 7.35. The second-order valence-electron chi connectivity index (χ2n) is 11.7. The van der Waals surface area contributed by atoms with Gasteiger partial charge in [-0.15, -0.1) is 0 Å². The summed E-state index contributed by atoms with van der Waals surface area (Å²) in [5, 5.41) is 0. The van der Waals surface area contributed by atoms with Crippen molar-refractivity contribution in [2.24, 2.45) is 0 Å². The van der Waals surface area contributed by atoms with E-state index in [2.05, 4.69) is 26.8 Å². The van der Waals surface area contributed by atoms with Crippen LogP contribution in [0.2, 0.25) is 0 Å². The van der Waals surface area contributed by atoms with E-state index in [1.54, 1.807) is 0 Å². The highest BCUT2D eigenvalue weighted by molar-refractivity contribution is 7.90. The van der Waals surface area contributed by atoms with E-state index in [0.29, 0.717) is 32.7 Å². The lowest BCUT2D eigenvalue weighted by molar-refractivity contribution is -0.143. The maximum absolute atomic E-state index is 11.7. The summed E-state index contributed by atoms with van der Waals surface area (Å²) >= 11 is 0. The van der Waals surface area contributed by atoms with Gasteiger partial charge in [-0.1, -0.05) is 12.1 Å². The quantitative estimate of drug-likeness (QED) is 0.211. The van der Waals surface area contributed by atoms with Crippen LogP contribution in [0.1, 0.15) is 60.6 Å². The first-order chi connectivity index (χ1) is 19.9. The second kappa shape index (κ2) is 12.0. The Morgan fingerprint density at radius 2 is 1.81 bits per heavy atom. The van der Waals surface area contributed by atoms with E-state index in [1.807, 2.05) is 42.5 Å². The lowest BCUT2D eigenvalue weighted by Gasteiger charge is -2.25. The molecule has 2 aliphatic heterocycles. The first-order valence-corrected chi connectivity index (χ1v) is 16.2. The van der Waals surface area contributed by atoms with Crippen molar-refractivity contribution in [3.05, 3.63) is 76.3 Å². The Hall–Kier alpha value is -3.56. The van der Waals surface area contributed by atoms with Crippen LogP contribution in [0, 0.1) is 6.92 Å². The summed E-state index contributed by atoms with van der Waals surface area (Å²) in [7, 11) is -1.64. The zero-order valence-corrected chi connectivity index (χ0v) is 25.6. The molecule has 3 aromatic rings. The normalized spacial score (nSPS) is 16.8. The average Bonchev–Trinajstić information content (AvgIpc) is 3.26. The van der Waals surface area contributed by atoms with Crippen molar-refractivity contribution in [3.63, 3.8) is 0 Å². The molecule has 2 heterocycles. The van der Waals surface area contributed by atoms with Gasteiger partial charge in [-0.05, 0) is 97.0 Å². The third kappa shape index (κ3) is 7.07. The summed E-state index contributed by atoms with van der Waals surface area (Å²) in [6.07, 6.45) is 2.27. The van der Waals surface area contributed by atoms with Gasteiger partial charge in [0, 0.05) is 18.2 Å². The monoisotopic (exact) mass is 594 g/mol. The summed E-state index contributed by atoms with van der Waals surface area (Å²) in [5.41, 5.74) is 6.88. The highest BCUT2D eigenvalue weighted by atomic mass is 32.2. The van der Waals surface area contributed by atoms with Crippen molar-refractivity contribution in [2.45, 2.75) is 65.0 Å². The van der Waals surface area contributed by atoms with E-state index in [4.69, 9.17) is 23.7 Å². The Bertz CT molecular complexity index is 1590. The molecule has 0 unspecified atom stereocenters. The minimum Gasteiger partial charge on any atom is -0.494 e. The second-order valence-corrected chi connectivity index (χ2v) is 14.0. The number of methoxy groups -OCH3 is 1. The Labute approximate surface area is 247 Å². The number of fused-ring (bicyclic) bond motifs is 4. The number of rotatable bonds is 10. The molecule has 224 valence electrons. The van der Waals surface area contributed by atoms with Crippen molar-refractivity contribution >= 4 is 15.8 Å². The van der Waals surface area contributed by atoms with Gasteiger partial charge < -0.3 is 23.7 Å². The van der Waals surface area contributed by atoms with Crippen LogP contribution in [0.5, 0.6) is 17.2 Å². The summed E-state index contributed by atoms with van der Waals surface area (Å²) in [6, 6.07) is 16.0. The largest absolute Gasteiger partial charge is 0.494 e. The standard InChI is InChI=1S/C33H38O8S/c1-21-13-26(38-11-6-12-42(5,35)36)15-23-18-33(2,3)41-29-10-7-22(14-28(29)32(21)23)19-39-25-8-9-27-24(16-25)20-40-30(27)17-31(34)37-4/h7-10,13-16,30H,6,11-12,17-20H2,1-5H3/t30-/m0/s1. The molecule has 0 spiro atoms. The van der Waals surface area contributed by atoms with Gasteiger partial charge in [0.2, 0.25) is 0 Å². The minimum atomic E-state index is -3.02. The van der Waals surface area contributed by atoms with Crippen LogP contribution >= 0.6 is 0 Å². The van der Waals surface area contributed by atoms with Crippen molar-refractivity contribution < 1.29 is 36.9 Å². The van der Waals surface area contributed by atoms with Crippen LogP contribution in [0.4, 0.5) is 0 Å². The number of esters is 1. The smallest absolute Gasteiger partial charge is 0.308 e. The molecular weight excluding hydrogens is 556 g/mol. The van der Waals surface area contributed by atoms with Crippen LogP contribution < -0.4 is 14.2 Å². The number of sulfone groups is 1. The molecule has 0 aromatic heterocycles. The van der Waals surface area contributed by atoms with E-state index in [9.17, 15) is 13.2 Å². The minimum absolute atomic E-state index is 0.102. The Morgan fingerprint density at radius 1 is 1.02 bits per heavy atom. The molecule has 3 aromatic carbocycles. The van der Waals surface area contributed by atoms with Gasteiger partial charge in [0.15, 0.2) is 0 Å². The fraction of sp³-hybridized carbons (Fsp3) is 0.424. The van der Waals surface area contributed by atoms with E-state index in [0.717, 1.165) is 56.2 Å². The predicted molar refractivity (Wildman–Crippen MR) is 160 cm³/mol. The van der Waals surface area contributed by atoms with E-state index in [1.165, 1.54) is 13.4 Å². The molecule has 0 saturated carbocycles. The molecular formula is C33H38O8S. The van der Waals surface area contributed by atoms with E-state index in [-0.39, 0.29) is 24.2 Å². The average molecular weight is 595 g/mol. The van der Waals surface area contributed by atoms with Crippen LogP contribution in [0.15, 0.2) is 48.5 Å². The third-order valence-electron chi connectivity index (χ3n) is 7.52. The third-order valence-corrected chi connectivity index (χ3v) is 8.55. The fourth-order valence-corrected chi connectivity index (χ4v) is 6.29. The zero-order valence-electron chi connectivity index (χ0n) is 24.8. The molecule has 0 radical (unpaired) electrons. The molecule has 0 amide bonds. The molecule has 0 saturated heterocycles. The molecule has 42 heavy (non-hydrogen) atoms. The van der Waals surface area contributed by atoms with E-state index >= 15 is 0 Å². The Kier molecular flexibility index (Phi) is 8.53. The molecule has 0 bridgehead atoms. The topological polar surface area (TPSA) is 97.4 Å². The van der Waals surface area contributed by atoms with Crippen LogP contribution in [-0.2, 0) is 43.7 Å². The Balaban J connectivity index is 1.35. The predicted octanol–water partition coefficient (Wildman–Crippen LogP) is 5.90. The lowest BCUT2D eigenvalue weighted by atomic mass is 9.89. The maximum Gasteiger partial charge on any atom is 0.308 e. The molecule has 5 rings (SSSR count). The lowest BCUT2D eigenvalue weighted by Crippen LogP contribution is -2.30. The molecule has 0 aliphatic carbocycles. The van der Waals surface area contributed by atoms with Crippen molar-refractivity contribution in [3.8, 4) is 28.4 Å². The SMILES string of the molecule is COC(=O)C[C@@H]1OCc2cc(OCc3ccc4c(c3)-c3c(C)cc(OCCCS(C)(=O)=O)cc3CC(C)(C)O4)ccc21. The van der Waals surface area contributed by atoms with Gasteiger partial charge in [-0.25, -0.2) is 8.42 Å². The number of carbonyl (C=O) groups is 1. The number of benzene rings is 3. The molecule has 2 aliphatic rings. The summed E-state index contributed by atoms with van der Waals surface area (Å²) < 4.78 is 52.1. The summed E-state index contributed by atoms with van der Waals surface area (Å²) in [4.78, 5) is 11.7. The molecule has 9 heteroatoms. The first-order valence-electron chi connectivity index (χ1n) is 14.1. The Morgan fingerprint density at radius 3 is 2.57 bits per heavy atom. The fourth-order valence-electron chi connectivity index (χ4n) is 5.65. The molecule has 0 fully saturated rings. The van der Waals surface area contributed by atoms with Gasteiger partial charge in [0.05, 0.1) is 38.6 Å². The van der Waals surface area contributed by atoms with Gasteiger partial charge >= 0.3 is 5.97 Å². The summed E-state index contributed by atoms with van der Waals surface area (Å²) in [5.74, 6) is 2.09. The number of carbonyl (C=O) groups excluding carboxylic acids is 1. The van der Waals surface area contributed by atoms with Gasteiger partial charge in [0.25, 0.3) is 0 Å². The van der Waals surface area contributed by atoms with E-state index < -0.39 is 15.4 Å². The first kappa shape index (κ1) is 29.9. The maximum atomic E-state index is 11.7. The van der Waals surface area contributed by atoms with Crippen molar-refractivity contribution in [1.82, 2.24) is 0 Å². The van der Waals surface area contributed by atoms with Crippen molar-refractivity contribution in [2.75, 3.05) is 25.7 Å². The number of ether oxygens (including phenoxy) is 5. The van der Waals surface area contributed by atoms with Crippen LogP contribution in [0.3, 0.4) is 0 Å². The highest BCUT2D eigenvalue weighted by Gasteiger charge is 2.30. The molecule has 1 atom stereocenters. The van der Waals surface area contributed by atoms with Gasteiger partial charge in [-0.2, -0.15) is 0 Å². The number of hydrogen-bond acceptors (Lipinski definition) is 8. The molecule has 0 N–H and O–H groups in total.